The molecule has 10 nitrogen and oxygen atoms in total. The molecule has 11 heteroatoms. The number of amides is 1. The molecular weight excluding hydrogens is 336 g/mol. The summed E-state index contributed by atoms with van der Waals surface area (Å²) in [5.74, 6) is -0.130. The number of fused-ring (bicyclic) bond motifs is 1. The van der Waals surface area contributed by atoms with E-state index < -0.39 is 23.1 Å². The molecule has 0 radical (unpaired) electrons. The van der Waals surface area contributed by atoms with Crippen molar-refractivity contribution >= 4 is 28.7 Å². The second kappa shape index (κ2) is 6.87. The lowest BCUT2D eigenvalue weighted by molar-refractivity contribution is -0.118. The van der Waals surface area contributed by atoms with Crippen molar-refractivity contribution in [1.82, 2.24) is 24.8 Å². The van der Waals surface area contributed by atoms with E-state index >= 15 is 0 Å². The van der Waals surface area contributed by atoms with Crippen molar-refractivity contribution in [1.29, 1.82) is 0 Å². The number of aryl methyl sites for hydroxylation is 1. The summed E-state index contributed by atoms with van der Waals surface area (Å²) < 4.78 is 7.96. The van der Waals surface area contributed by atoms with Gasteiger partial charge in [-0.25, -0.2) is 4.68 Å². The fourth-order valence-electron chi connectivity index (χ4n) is 2.58. The zero-order chi connectivity index (χ0) is 17.3. The third-order valence-corrected chi connectivity index (χ3v) is 4.71. The maximum atomic E-state index is 12.8. The van der Waals surface area contributed by atoms with Crippen LogP contribution < -0.4 is 11.3 Å². The van der Waals surface area contributed by atoms with Crippen LogP contribution in [-0.2, 0) is 22.5 Å². The van der Waals surface area contributed by atoms with Crippen LogP contribution in [0.2, 0.25) is 0 Å². The minimum absolute atomic E-state index is 0.147. The minimum atomic E-state index is -0.622. The predicted molar refractivity (Wildman–Crippen MR) is 86.2 cm³/mol. The molecule has 0 bridgehead atoms. The topological polar surface area (TPSA) is 138 Å². The fraction of sp³-hybridized carbons (Fsp3) is 0.615. The van der Waals surface area contributed by atoms with Crippen molar-refractivity contribution in [2.45, 2.75) is 38.0 Å². The minimum Gasteiger partial charge on any atom is -0.393 e. The van der Waals surface area contributed by atoms with Crippen LogP contribution in [0.1, 0.15) is 25.3 Å². The van der Waals surface area contributed by atoms with Crippen LogP contribution in [0.15, 0.2) is 4.79 Å². The summed E-state index contributed by atoms with van der Waals surface area (Å²) in [5, 5.41) is 21.5. The van der Waals surface area contributed by atoms with Gasteiger partial charge in [0.25, 0.3) is 5.56 Å². The van der Waals surface area contributed by atoms with Crippen LogP contribution in [0.4, 0.5) is 0 Å². The van der Waals surface area contributed by atoms with Gasteiger partial charge in [0.15, 0.2) is 11.7 Å². The van der Waals surface area contributed by atoms with Gasteiger partial charge in [0.05, 0.1) is 12.3 Å². The molecule has 0 spiro atoms. The monoisotopic (exact) mass is 354 g/mol. The quantitative estimate of drug-likeness (QED) is 0.674. The van der Waals surface area contributed by atoms with E-state index in [1.165, 1.54) is 16.4 Å². The maximum Gasteiger partial charge on any atom is 0.298 e. The first kappa shape index (κ1) is 16.9. The highest BCUT2D eigenvalue weighted by atomic mass is 32.2. The molecule has 2 atom stereocenters. The zero-order valence-electron chi connectivity index (χ0n) is 13.1. The molecule has 0 saturated carbocycles. The molecule has 1 fully saturated rings. The summed E-state index contributed by atoms with van der Waals surface area (Å²) in [4.78, 5) is 24.1. The van der Waals surface area contributed by atoms with Gasteiger partial charge in [-0.3, -0.25) is 9.59 Å². The number of nitrogens with two attached hydrogens (primary N) is 1. The highest BCUT2D eigenvalue weighted by Gasteiger charge is 2.30. The summed E-state index contributed by atoms with van der Waals surface area (Å²) in [5.41, 5.74) is 5.58. The Kier molecular flexibility index (Phi) is 4.83. The van der Waals surface area contributed by atoms with E-state index in [1.807, 2.05) is 6.92 Å². The van der Waals surface area contributed by atoms with Crippen LogP contribution >= 0.6 is 11.8 Å². The van der Waals surface area contributed by atoms with Crippen LogP contribution in [0.25, 0.3) is 11.0 Å². The Hall–Kier alpha value is -1.98. The lowest BCUT2D eigenvalue weighted by atomic mass is 10.2. The average molecular weight is 354 g/mol. The number of carbonyl (C=O) groups excluding carboxylic acids is 1. The van der Waals surface area contributed by atoms with Crippen molar-refractivity contribution in [3.05, 3.63) is 16.0 Å². The average Bonchev–Trinajstić information content (AvgIpc) is 3.13. The highest BCUT2D eigenvalue weighted by molar-refractivity contribution is 8.00. The summed E-state index contributed by atoms with van der Waals surface area (Å²) in [6.07, 6.45) is 0.805. The molecular formula is C13H18N6O4S. The third-order valence-electron chi connectivity index (χ3n) is 3.60. The SMILES string of the molecule is CCCc1nn(CC(N)=O)c2c(=O)n(C3CSC(CO)O3)nnc12. The lowest BCUT2D eigenvalue weighted by Crippen LogP contribution is -2.32. The second-order valence-electron chi connectivity index (χ2n) is 5.39. The molecule has 1 aliphatic heterocycles. The Bertz CT molecular complexity index is 819. The molecule has 130 valence electrons. The summed E-state index contributed by atoms with van der Waals surface area (Å²) in [7, 11) is 0. The smallest absolute Gasteiger partial charge is 0.298 e. The van der Waals surface area contributed by atoms with Crippen molar-refractivity contribution in [3.63, 3.8) is 0 Å². The van der Waals surface area contributed by atoms with Crippen molar-refractivity contribution in [2.75, 3.05) is 12.4 Å². The number of aromatic nitrogens is 5. The standard InChI is InChI=1S/C13H18N6O4S/c1-2-3-7-11-12(18(16-7)4-8(14)21)13(22)19(17-15-11)9-6-24-10(5-20)23-9/h9-10,20H,2-6H2,1H3,(H2,14,21). The first-order valence-electron chi connectivity index (χ1n) is 7.56. The van der Waals surface area contributed by atoms with Gasteiger partial charge < -0.3 is 15.6 Å². The Morgan fingerprint density at radius 3 is 2.96 bits per heavy atom. The number of aliphatic hydroxyl groups is 1. The molecule has 3 N–H and O–H groups in total. The van der Waals surface area contributed by atoms with Gasteiger partial charge in [-0.2, -0.15) is 9.78 Å². The molecule has 2 unspecified atom stereocenters. The molecule has 1 saturated heterocycles. The van der Waals surface area contributed by atoms with Crippen LogP contribution in [-0.4, -0.2) is 53.6 Å². The molecule has 3 rings (SSSR count). The number of aliphatic hydroxyl groups excluding tert-OH is 1. The molecule has 0 aromatic carbocycles. The zero-order valence-corrected chi connectivity index (χ0v) is 13.9. The summed E-state index contributed by atoms with van der Waals surface area (Å²) in [6, 6.07) is 0. The van der Waals surface area contributed by atoms with E-state index in [9.17, 15) is 9.59 Å². The van der Waals surface area contributed by atoms with E-state index in [-0.39, 0.29) is 18.7 Å². The van der Waals surface area contributed by atoms with Gasteiger partial charge in [-0.05, 0) is 6.42 Å². The molecule has 3 heterocycles. The van der Waals surface area contributed by atoms with Crippen molar-refractivity contribution in [2.24, 2.45) is 5.73 Å². The van der Waals surface area contributed by atoms with Crippen LogP contribution in [0.3, 0.4) is 0 Å². The van der Waals surface area contributed by atoms with Crippen molar-refractivity contribution in [3.8, 4) is 0 Å². The maximum absolute atomic E-state index is 12.8. The van der Waals surface area contributed by atoms with E-state index in [4.69, 9.17) is 15.6 Å². The summed E-state index contributed by atoms with van der Waals surface area (Å²) in [6.45, 7) is 1.62. The Labute approximate surface area is 140 Å². The number of nitrogens with zero attached hydrogens (tertiary/aromatic N) is 5. The van der Waals surface area contributed by atoms with Gasteiger partial charge in [-0.1, -0.05) is 18.6 Å². The predicted octanol–water partition coefficient (Wildman–Crippen LogP) is -0.994. The van der Waals surface area contributed by atoms with E-state index in [0.717, 1.165) is 11.1 Å². The second-order valence-corrected chi connectivity index (χ2v) is 6.59. The summed E-state index contributed by atoms with van der Waals surface area (Å²) >= 11 is 1.39. The highest BCUT2D eigenvalue weighted by Crippen LogP contribution is 2.30. The molecule has 0 aliphatic carbocycles. The van der Waals surface area contributed by atoms with E-state index in [0.29, 0.717) is 23.4 Å². The number of primary amides is 1. The number of ether oxygens (including phenoxy) is 1. The number of carbonyl (C=O) groups is 1. The van der Waals surface area contributed by atoms with E-state index in [1.54, 1.807) is 0 Å². The Morgan fingerprint density at radius 1 is 1.54 bits per heavy atom. The first-order chi connectivity index (χ1) is 11.5. The number of hydrogen-bond acceptors (Lipinski definition) is 8. The number of hydrogen-bond donors (Lipinski definition) is 2. The van der Waals surface area contributed by atoms with Gasteiger partial charge in [0.1, 0.15) is 17.5 Å². The van der Waals surface area contributed by atoms with Crippen LogP contribution in [0, 0.1) is 0 Å². The van der Waals surface area contributed by atoms with Crippen LogP contribution in [0.5, 0.6) is 0 Å². The Balaban J connectivity index is 2.09. The van der Waals surface area contributed by atoms with Gasteiger partial charge >= 0.3 is 0 Å². The molecule has 2 aromatic rings. The third kappa shape index (κ3) is 3.01. The normalized spacial score (nSPS) is 20.8. The Morgan fingerprint density at radius 2 is 2.33 bits per heavy atom. The lowest BCUT2D eigenvalue weighted by Gasteiger charge is -2.12. The molecule has 1 aliphatic rings. The van der Waals surface area contributed by atoms with Gasteiger partial charge in [0, 0.05) is 5.75 Å². The molecule has 1 amide bonds. The van der Waals surface area contributed by atoms with Crippen molar-refractivity contribution < 1.29 is 14.6 Å². The largest absolute Gasteiger partial charge is 0.393 e. The molecule has 2 aromatic heterocycles. The fourth-order valence-corrected chi connectivity index (χ4v) is 3.50. The van der Waals surface area contributed by atoms with Gasteiger partial charge in [-0.15, -0.1) is 16.9 Å². The number of thioether (sulfide) groups is 1. The first-order valence-corrected chi connectivity index (χ1v) is 8.61. The number of rotatable bonds is 6. The molecule has 24 heavy (non-hydrogen) atoms. The van der Waals surface area contributed by atoms with E-state index in [2.05, 4.69) is 15.4 Å². The van der Waals surface area contributed by atoms with Gasteiger partial charge in [0.2, 0.25) is 5.91 Å².